The normalized spacial score (nSPS) is 16.6. The number of hydrazine groups is 1. The van der Waals surface area contributed by atoms with Crippen LogP contribution in [0.5, 0.6) is 0 Å². The first-order valence-electron chi connectivity index (χ1n) is 8.71. The fraction of sp³-hybridized carbons (Fsp3) is 0.143. The van der Waals surface area contributed by atoms with Crippen LogP contribution >= 0.6 is 11.6 Å². The molecular formula is C21H18ClN3O2. The van der Waals surface area contributed by atoms with Gasteiger partial charge in [-0.1, -0.05) is 54.1 Å². The second-order valence-corrected chi connectivity index (χ2v) is 6.96. The number of nitrogens with zero attached hydrogens (tertiary/aromatic N) is 1. The third-order valence-electron chi connectivity index (χ3n) is 4.71. The van der Waals surface area contributed by atoms with Crippen LogP contribution in [0.4, 0.5) is 11.4 Å². The molecule has 0 saturated carbocycles. The number of halogens is 1. The van der Waals surface area contributed by atoms with Gasteiger partial charge in [-0.25, -0.2) is 0 Å². The number of benzene rings is 3. The van der Waals surface area contributed by atoms with Crippen LogP contribution in [0.2, 0.25) is 5.02 Å². The van der Waals surface area contributed by atoms with Crippen molar-refractivity contribution in [2.24, 2.45) is 5.92 Å². The van der Waals surface area contributed by atoms with Crippen molar-refractivity contribution in [3.63, 3.8) is 0 Å². The number of carbonyl (C=O) groups is 2. The van der Waals surface area contributed by atoms with Crippen molar-refractivity contribution >= 4 is 45.6 Å². The lowest BCUT2D eigenvalue weighted by Gasteiger charge is -2.19. The molecule has 3 aromatic carbocycles. The predicted octanol–water partition coefficient (Wildman–Crippen LogP) is 3.99. The number of nitrogens with one attached hydrogen (secondary N) is 2. The lowest BCUT2D eigenvalue weighted by atomic mass is 10.1. The van der Waals surface area contributed by atoms with E-state index >= 15 is 0 Å². The Labute approximate surface area is 161 Å². The molecule has 6 heteroatoms. The van der Waals surface area contributed by atoms with E-state index in [1.807, 2.05) is 42.5 Å². The molecule has 0 aromatic heterocycles. The molecule has 2 N–H and O–H groups in total. The first-order valence-corrected chi connectivity index (χ1v) is 9.09. The van der Waals surface area contributed by atoms with Crippen molar-refractivity contribution in [1.82, 2.24) is 5.43 Å². The quantitative estimate of drug-likeness (QED) is 0.674. The van der Waals surface area contributed by atoms with Crippen LogP contribution < -0.4 is 15.8 Å². The molecule has 1 fully saturated rings. The SMILES string of the molecule is O=C(NNc1cccc(Cl)c1)[C@H]1CC(=O)N(c2cccc3ccccc23)C1. The number of rotatable bonds is 4. The van der Waals surface area contributed by atoms with Crippen molar-refractivity contribution in [2.45, 2.75) is 6.42 Å². The number of hydrogen-bond acceptors (Lipinski definition) is 3. The summed E-state index contributed by atoms with van der Waals surface area (Å²) in [7, 11) is 0. The van der Waals surface area contributed by atoms with Gasteiger partial charge in [-0.3, -0.25) is 20.4 Å². The third kappa shape index (κ3) is 3.59. The van der Waals surface area contributed by atoms with Crippen LogP contribution in [0.15, 0.2) is 66.7 Å². The van der Waals surface area contributed by atoms with Gasteiger partial charge in [0.1, 0.15) is 0 Å². The van der Waals surface area contributed by atoms with Crippen LogP contribution in [0.3, 0.4) is 0 Å². The van der Waals surface area contributed by atoms with Gasteiger partial charge in [-0.15, -0.1) is 0 Å². The van der Waals surface area contributed by atoms with E-state index in [9.17, 15) is 9.59 Å². The molecular weight excluding hydrogens is 362 g/mol. The monoisotopic (exact) mass is 379 g/mol. The molecule has 0 aliphatic carbocycles. The van der Waals surface area contributed by atoms with Crippen molar-refractivity contribution in [1.29, 1.82) is 0 Å². The van der Waals surface area contributed by atoms with Crippen LogP contribution in [0.1, 0.15) is 6.42 Å². The highest BCUT2D eigenvalue weighted by molar-refractivity contribution is 6.30. The van der Waals surface area contributed by atoms with Crippen molar-refractivity contribution in [3.8, 4) is 0 Å². The Morgan fingerprint density at radius 3 is 2.67 bits per heavy atom. The van der Waals surface area contributed by atoms with Gasteiger partial charge < -0.3 is 4.90 Å². The Morgan fingerprint density at radius 1 is 1.04 bits per heavy atom. The van der Waals surface area contributed by atoms with Gasteiger partial charge in [0.05, 0.1) is 17.3 Å². The van der Waals surface area contributed by atoms with Gasteiger partial charge in [-0.2, -0.15) is 0 Å². The number of carbonyl (C=O) groups excluding carboxylic acids is 2. The zero-order valence-corrected chi connectivity index (χ0v) is 15.2. The molecule has 1 saturated heterocycles. The molecule has 136 valence electrons. The Morgan fingerprint density at radius 2 is 1.81 bits per heavy atom. The molecule has 4 rings (SSSR count). The first kappa shape index (κ1) is 17.4. The van der Waals surface area contributed by atoms with Gasteiger partial charge in [0.2, 0.25) is 11.8 Å². The molecule has 0 radical (unpaired) electrons. The van der Waals surface area contributed by atoms with Crippen LogP contribution in [-0.4, -0.2) is 18.4 Å². The molecule has 3 aromatic rings. The van der Waals surface area contributed by atoms with Gasteiger partial charge in [0.25, 0.3) is 0 Å². The Bertz CT molecular complexity index is 1020. The summed E-state index contributed by atoms with van der Waals surface area (Å²) in [4.78, 5) is 26.8. The third-order valence-corrected chi connectivity index (χ3v) is 4.94. The smallest absolute Gasteiger partial charge is 0.243 e. The van der Waals surface area contributed by atoms with Gasteiger partial charge in [0, 0.05) is 23.4 Å². The van der Waals surface area contributed by atoms with Gasteiger partial charge in [0.15, 0.2) is 0 Å². The summed E-state index contributed by atoms with van der Waals surface area (Å²) in [5.41, 5.74) is 7.05. The number of hydrogen-bond donors (Lipinski definition) is 2. The van der Waals surface area contributed by atoms with E-state index in [1.54, 1.807) is 29.2 Å². The highest BCUT2D eigenvalue weighted by atomic mass is 35.5. The summed E-state index contributed by atoms with van der Waals surface area (Å²) in [6, 6.07) is 20.8. The predicted molar refractivity (Wildman–Crippen MR) is 108 cm³/mol. The van der Waals surface area contributed by atoms with Crippen LogP contribution in [0, 0.1) is 5.92 Å². The Kier molecular flexibility index (Phi) is 4.69. The maximum Gasteiger partial charge on any atom is 0.243 e. The van der Waals surface area contributed by atoms with E-state index in [4.69, 9.17) is 11.6 Å². The van der Waals surface area contributed by atoms with Crippen molar-refractivity contribution in [2.75, 3.05) is 16.9 Å². The second kappa shape index (κ2) is 7.29. The minimum absolute atomic E-state index is 0.0470. The zero-order chi connectivity index (χ0) is 18.8. The Hall–Kier alpha value is -3.05. The molecule has 1 aliphatic rings. The van der Waals surface area contributed by atoms with Crippen LogP contribution in [0.25, 0.3) is 10.8 Å². The number of fused-ring (bicyclic) bond motifs is 1. The molecule has 1 aliphatic heterocycles. The molecule has 27 heavy (non-hydrogen) atoms. The standard InChI is InChI=1S/C21H18ClN3O2/c22-16-7-4-8-17(12-16)23-24-21(27)15-11-20(26)25(13-15)19-10-3-6-14-5-1-2-9-18(14)19/h1-10,12,15,23H,11,13H2,(H,24,27)/t15-/m0/s1. The molecule has 0 bridgehead atoms. The molecule has 0 spiro atoms. The number of anilines is 2. The van der Waals surface area contributed by atoms with Crippen LogP contribution in [-0.2, 0) is 9.59 Å². The summed E-state index contributed by atoms with van der Waals surface area (Å²) in [5.74, 6) is -0.677. The van der Waals surface area contributed by atoms with E-state index in [0.717, 1.165) is 16.5 Å². The summed E-state index contributed by atoms with van der Waals surface area (Å²) < 4.78 is 0. The van der Waals surface area contributed by atoms with Gasteiger partial charge >= 0.3 is 0 Å². The van der Waals surface area contributed by atoms with Crippen molar-refractivity contribution < 1.29 is 9.59 Å². The molecule has 0 unspecified atom stereocenters. The lowest BCUT2D eigenvalue weighted by Crippen LogP contribution is -2.36. The van der Waals surface area contributed by atoms with Crippen molar-refractivity contribution in [3.05, 3.63) is 71.8 Å². The second-order valence-electron chi connectivity index (χ2n) is 6.53. The van der Waals surface area contributed by atoms with E-state index in [1.165, 1.54) is 0 Å². The minimum atomic E-state index is -0.414. The molecule has 1 atom stereocenters. The maximum absolute atomic E-state index is 12.6. The molecule has 2 amide bonds. The summed E-state index contributed by atoms with van der Waals surface area (Å²) in [6.45, 7) is 0.357. The minimum Gasteiger partial charge on any atom is -0.311 e. The Balaban J connectivity index is 1.48. The topological polar surface area (TPSA) is 61.4 Å². The van der Waals surface area contributed by atoms with E-state index < -0.39 is 5.92 Å². The average Bonchev–Trinajstić information content (AvgIpc) is 3.07. The summed E-state index contributed by atoms with van der Waals surface area (Å²) >= 11 is 5.94. The van der Waals surface area contributed by atoms with E-state index in [2.05, 4.69) is 10.9 Å². The largest absolute Gasteiger partial charge is 0.311 e. The molecule has 5 nitrogen and oxygen atoms in total. The van der Waals surface area contributed by atoms with E-state index in [0.29, 0.717) is 17.3 Å². The average molecular weight is 380 g/mol. The fourth-order valence-corrected chi connectivity index (χ4v) is 3.55. The molecule has 1 heterocycles. The summed E-state index contributed by atoms with van der Waals surface area (Å²) in [5, 5.41) is 2.65. The number of amides is 2. The zero-order valence-electron chi connectivity index (χ0n) is 14.5. The fourth-order valence-electron chi connectivity index (χ4n) is 3.36. The lowest BCUT2D eigenvalue weighted by molar-refractivity contribution is -0.125. The highest BCUT2D eigenvalue weighted by Gasteiger charge is 2.35. The first-order chi connectivity index (χ1) is 13.1. The van der Waals surface area contributed by atoms with Gasteiger partial charge in [-0.05, 0) is 29.7 Å². The summed E-state index contributed by atoms with van der Waals surface area (Å²) in [6.07, 6.45) is 0.187. The maximum atomic E-state index is 12.6. The van der Waals surface area contributed by atoms with E-state index in [-0.39, 0.29) is 18.2 Å². The highest BCUT2D eigenvalue weighted by Crippen LogP contribution is 2.31.